The summed E-state index contributed by atoms with van der Waals surface area (Å²) in [6.07, 6.45) is 1.84. The number of hydrogen-bond donors (Lipinski definition) is 0. The number of carbonyl (C=O) groups is 1. The minimum absolute atomic E-state index is 0.174. The van der Waals surface area contributed by atoms with E-state index in [9.17, 15) is 18.8 Å². The summed E-state index contributed by atoms with van der Waals surface area (Å²) in [6, 6.07) is 4.88. The molecule has 0 atom stereocenters. The Labute approximate surface area is 159 Å². The molecule has 144 valence electrons. The molecule has 3 rings (SSSR count). The third-order valence-electron chi connectivity index (χ3n) is 4.43. The van der Waals surface area contributed by atoms with E-state index in [1.807, 2.05) is 0 Å². The van der Waals surface area contributed by atoms with Crippen LogP contribution in [0.25, 0.3) is 5.69 Å². The van der Waals surface area contributed by atoms with Crippen LogP contribution in [0.4, 0.5) is 4.39 Å². The Balaban J connectivity index is 1.91. The minimum atomic E-state index is -0.946. The van der Waals surface area contributed by atoms with Crippen LogP contribution in [-0.2, 0) is 11.3 Å². The lowest BCUT2D eigenvalue weighted by atomic mass is 10.3. The standard InChI is InChI=1S/C18H19ClFN3O4/c19-16(24)15-12-22(7-1-6-21-8-10-27-11-9-21)18(26)23(17(15)25)14-4-2-13(20)3-5-14/h2-5,12H,1,6-11H2. The fraction of sp³-hybridized carbons (Fsp3) is 0.389. The second-order valence-electron chi connectivity index (χ2n) is 6.22. The van der Waals surface area contributed by atoms with Gasteiger partial charge in [0.15, 0.2) is 0 Å². The number of rotatable bonds is 6. The first kappa shape index (κ1) is 19.5. The molecule has 1 saturated heterocycles. The lowest BCUT2D eigenvalue weighted by Crippen LogP contribution is -2.41. The van der Waals surface area contributed by atoms with Gasteiger partial charge in [-0.15, -0.1) is 0 Å². The Morgan fingerprint density at radius 1 is 1.11 bits per heavy atom. The number of ether oxygens (including phenoxy) is 1. The van der Waals surface area contributed by atoms with E-state index in [0.717, 1.165) is 36.3 Å². The van der Waals surface area contributed by atoms with Gasteiger partial charge in [0.2, 0.25) is 0 Å². The van der Waals surface area contributed by atoms with E-state index in [-0.39, 0.29) is 11.3 Å². The van der Waals surface area contributed by atoms with Crippen LogP contribution in [0.5, 0.6) is 0 Å². The van der Waals surface area contributed by atoms with Crippen molar-refractivity contribution in [2.24, 2.45) is 0 Å². The van der Waals surface area contributed by atoms with Crippen LogP contribution in [0.2, 0.25) is 0 Å². The van der Waals surface area contributed by atoms with Gasteiger partial charge in [0.1, 0.15) is 11.4 Å². The number of aryl methyl sites for hydroxylation is 1. The Morgan fingerprint density at radius 2 is 1.78 bits per heavy atom. The average Bonchev–Trinajstić information content (AvgIpc) is 2.65. The summed E-state index contributed by atoms with van der Waals surface area (Å²) in [7, 11) is 0. The molecule has 1 aliphatic rings. The number of benzene rings is 1. The van der Waals surface area contributed by atoms with Crippen molar-refractivity contribution in [2.45, 2.75) is 13.0 Å². The van der Waals surface area contributed by atoms with Crippen LogP contribution in [0.3, 0.4) is 0 Å². The van der Waals surface area contributed by atoms with E-state index in [1.54, 1.807) is 0 Å². The topological polar surface area (TPSA) is 73.5 Å². The van der Waals surface area contributed by atoms with Gasteiger partial charge in [-0.05, 0) is 42.3 Å². The van der Waals surface area contributed by atoms with Crippen LogP contribution < -0.4 is 11.2 Å². The van der Waals surface area contributed by atoms with Crippen LogP contribution in [0.1, 0.15) is 16.8 Å². The molecule has 0 amide bonds. The first-order valence-electron chi connectivity index (χ1n) is 8.60. The molecule has 7 nitrogen and oxygen atoms in total. The molecule has 0 saturated carbocycles. The third kappa shape index (κ3) is 4.52. The first-order chi connectivity index (χ1) is 13.0. The van der Waals surface area contributed by atoms with E-state index in [2.05, 4.69) is 4.90 Å². The van der Waals surface area contributed by atoms with Gasteiger partial charge >= 0.3 is 5.69 Å². The molecule has 0 radical (unpaired) electrons. The van der Waals surface area contributed by atoms with Gasteiger partial charge in [-0.3, -0.25) is 19.1 Å². The Hall–Kier alpha value is -2.29. The summed E-state index contributed by atoms with van der Waals surface area (Å²) in [5.74, 6) is -0.498. The molecule has 2 heterocycles. The SMILES string of the molecule is O=C(Cl)c1cn(CCCN2CCOCC2)c(=O)n(-c2ccc(F)cc2)c1=O. The Bertz CT molecular complexity index is 933. The molecule has 0 N–H and O–H groups in total. The molecule has 2 aromatic rings. The normalized spacial score (nSPS) is 15.0. The molecule has 0 spiro atoms. The Morgan fingerprint density at radius 3 is 2.41 bits per heavy atom. The maximum Gasteiger partial charge on any atom is 0.335 e. The molecule has 0 aliphatic carbocycles. The van der Waals surface area contributed by atoms with Gasteiger partial charge in [-0.25, -0.2) is 13.8 Å². The smallest absolute Gasteiger partial charge is 0.335 e. The van der Waals surface area contributed by atoms with Crippen molar-refractivity contribution >= 4 is 16.8 Å². The van der Waals surface area contributed by atoms with Crippen molar-refractivity contribution in [3.63, 3.8) is 0 Å². The summed E-state index contributed by atoms with van der Waals surface area (Å²) in [5, 5.41) is -0.946. The summed E-state index contributed by atoms with van der Waals surface area (Å²) < 4.78 is 20.6. The highest BCUT2D eigenvalue weighted by atomic mass is 35.5. The highest BCUT2D eigenvalue weighted by Crippen LogP contribution is 2.07. The van der Waals surface area contributed by atoms with Crippen LogP contribution in [-0.4, -0.2) is 52.1 Å². The summed E-state index contributed by atoms with van der Waals surface area (Å²) in [6.45, 7) is 4.09. The number of aromatic nitrogens is 2. The van der Waals surface area contributed by atoms with Crippen LogP contribution in [0, 0.1) is 5.82 Å². The second kappa shape index (κ2) is 8.60. The van der Waals surface area contributed by atoms with Gasteiger partial charge in [0.05, 0.1) is 18.9 Å². The van der Waals surface area contributed by atoms with Gasteiger partial charge < -0.3 is 4.74 Å². The predicted octanol–water partition coefficient (Wildman–Crippen LogP) is 1.24. The molecule has 9 heteroatoms. The van der Waals surface area contributed by atoms with E-state index in [0.29, 0.717) is 26.2 Å². The number of carbonyl (C=O) groups excluding carboxylic acids is 1. The van der Waals surface area contributed by atoms with Gasteiger partial charge in [-0.2, -0.15) is 0 Å². The lowest BCUT2D eigenvalue weighted by Gasteiger charge is -2.26. The highest BCUT2D eigenvalue weighted by Gasteiger charge is 2.17. The van der Waals surface area contributed by atoms with Gasteiger partial charge in [0, 0.05) is 32.4 Å². The van der Waals surface area contributed by atoms with Crippen molar-refractivity contribution < 1.29 is 13.9 Å². The largest absolute Gasteiger partial charge is 0.379 e. The van der Waals surface area contributed by atoms with Crippen molar-refractivity contribution in [1.29, 1.82) is 0 Å². The van der Waals surface area contributed by atoms with Crippen LogP contribution in [0.15, 0.2) is 40.1 Å². The van der Waals surface area contributed by atoms with E-state index in [1.165, 1.54) is 22.9 Å². The molecule has 0 unspecified atom stereocenters. The van der Waals surface area contributed by atoms with Crippen LogP contribution >= 0.6 is 11.6 Å². The molecular formula is C18H19ClFN3O4. The number of nitrogens with zero attached hydrogens (tertiary/aromatic N) is 3. The van der Waals surface area contributed by atoms with E-state index >= 15 is 0 Å². The second-order valence-corrected chi connectivity index (χ2v) is 6.56. The number of morpholine rings is 1. The first-order valence-corrected chi connectivity index (χ1v) is 8.97. The zero-order valence-corrected chi connectivity index (χ0v) is 15.3. The molecule has 27 heavy (non-hydrogen) atoms. The maximum absolute atomic E-state index is 13.2. The Kier molecular flexibility index (Phi) is 6.20. The maximum atomic E-state index is 13.2. The molecule has 1 aliphatic heterocycles. The summed E-state index contributed by atoms with van der Waals surface area (Å²) >= 11 is 5.52. The fourth-order valence-electron chi connectivity index (χ4n) is 3.00. The molecule has 1 aromatic carbocycles. The monoisotopic (exact) mass is 395 g/mol. The zero-order chi connectivity index (χ0) is 19.4. The lowest BCUT2D eigenvalue weighted by molar-refractivity contribution is 0.0369. The van der Waals surface area contributed by atoms with E-state index in [4.69, 9.17) is 16.3 Å². The minimum Gasteiger partial charge on any atom is -0.379 e. The number of hydrogen-bond acceptors (Lipinski definition) is 5. The molecular weight excluding hydrogens is 377 g/mol. The van der Waals surface area contributed by atoms with Crippen molar-refractivity contribution in [3.8, 4) is 5.69 Å². The molecule has 1 fully saturated rings. The molecule has 0 bridgehead atoms. The summed E-state index contributed by atoms with van der Waals surface area (Å²) in [4.78, 5) is 39.2. The molecule has 1 aromatic heterocycles. The quantitative estimate of drug-likeness (QED) is 0.688. The van der Waals surface area contributed by atoms with Crippen molar-refractivity contribution in [1.82, 2.24) is 14.0 Å². The third-order valence-corrected chi connectivity index (χ3v) is 4.63. The summed E-state index contributed by atoms with van der Waals surface area (Å²) in [5.41, 5.74) is -1.55. The number of halogens is 2. The average molecular weight is 396 g/mol. The fourth-order valence-corrected chi connectivity index (χ4v) is 3.13. The van der Waals surface area contributed by atoms with Gasteiger partial charge in [0.25, 0.3) is 10.8 Å². The highest BCUT2D eigenvalue weighted by molar-refractivity contribution is 6.67. The van der Waals surface area contributed by atoms with Gasteiger partial charge in [-0.1, -0.05) is 0 Å². The van der Waals surface area contributed by atoms with Crippen molar-refractivity contribution in [3.05, 3.63) is 62.7 Å². The predicted molar refractivity (Wildman–Crippen MR) is 98.3 cm³/mol. The zero-order valence-electron chi connectivity index (χ0n) is 14.6. The van der Waals surface area contributed by atoms with E-state index < -0.39 is 22.3 Å². The van der Waals surface area contributed by atoms with Crippen molar-refractivity contribution in [2.75, 3.05) is 32.8 Å².